The number of nitrogens with one attached hydrogen (secondary N) is 1. The summed E-state index contributed by atoms with van der Waals surface area (Å²) in [6.45, 7) is 1.52. The summed E-state index contributed by atoms with van der Waals surface area (Å²) in [6, 6.07) is 0. The van der Waals surface area contributed by atoms with Crippen LogP contribution in [-0.4, -0.2) is 39.4 Å². The maximum atomic E-state index is 9.12. The number of nitrogen functional groups attached to an aromatic ring is 1. The highest BCUT2D eigenvalue weighted by Crippen LogP contribution is 2.20. The lowest BCUT2D eigenvalue weighted by Gasteiger charge is -2.12. The molecule has 0 aliphatic rings. The first-order valence-corrected chi connectivity index (χ1v) is 4.74. The van der Waals surface area contributed by atoms with Crippen LogP contribution in [0.15, 0.2) is 0 Å². The molecule has 0 bridgehead atoms. The van der Waals surface area contributed by atoms with Gasteiger partial charge in [-0.3, -0.25) is 0 Å². The summed E-state index contributed by atoms with van der Waals surface area (Å²) in [4.78, 5) is 7.72. The van der Waals surface area contributed by atoms with Crippen molar-refractivity contribution in [3.8, 4) is 0 Å². The van der Waals surface area contributed by atoms with Gasteiger partial charge in [-0.15, -0.1) is 0 Å². The van der Waals surface area contributed by atoms with Crippen molar-refractivity contribution in [1.29, 1.82) is 0 Å². The number of hydrogen-bond acceptors (Lipinski definition) is 6. The van der Waals surface area contributed by atoms with E-state index in [0.717, 1.165) is 0 Å². The first-order chi connectivity index (χ1) is 7.04. The minimum Gasteiger partial charge on any atom is -0.394 e. The standard InChI is InChI=1S/C8H13ClN4O2/c1-4-6(10)7(13-8(9)12-4)11-2-5(15)3-14/h5,14-15H,2-3,10H2,1H3,(H,11,12,13). The van der Waals surface area contributed by atoms with Gasteiger partial charge in [0.15, 0.2) is 5.82 Å². The smallest absolute Gasteiger partial charge is 0.224 e. The number of aliphatic hydroxyl groups excluding tert-OH is 2. The molecule has 6 nitrogen and oxygen atoms in total. The van der Waals surface area contributed by atoms with Gasteiger partial charge in [-0.1, -0.05) is 0 Å². The molecule has 0 amide bonds. The highest BCUT2D eigenvalue weighted by Gasteiger charge is 2.09. The molecular weight excluding hydrogens is 220 g/mol. The van der Waals surface area contributed by atoms with Crippen molar-refractivity contribution in [1.82, 2.24) is 9.97 Å². The maximum Gasteiger partial charge on any atom is 0.224 e. The molecule has 84 valence electrons. The Morgan fingerprint density at radius 3 is 2.80 bits per heavy atom. The van der Waals surface area contributed by atoms with Crippen LogP contribution in [0.4, 0.5) is 11.5 Å². The molecule has 0 spiro atoms. The van der Waals surface area contributed by atoms with E-state index in [9.17, 15) is 0 Å². The zero-order valence-corrected chi connectivity index (χ0v) is 8.99. The highest BCUT2D eigenvalue weighted by atomic mass is 35.5. The molecule has 1 aromatic heterocycles. The normalized spacial score (nSPS) is 12.5. The van der Waals surface area contributed by atoms with Gasteiger partial charge < -0.3 is 21.3 Å². The van der Waals surface area contributed by atoms with Crippen molar-refractivity contribution in [3.05, 3.63) is 11.0 Å². The number of anilines is 2. The minimum atomic E-state index is -0.863. The Balaban J connectivity index is 2.76. The molecule has 5 N–H and O–H groups in total. The number of nitrogens with zero attached hydrogens (tertiary/aromatic N) is 2. The number of nitrogens with two attached hydrogens (primary N) is 1. The van der Waals surface area contributed by atoms with Crippen LogP contribution < -0.4 is 11.1 Å². The zero-order valence-electron chi connectivity index (χ0n) is 8.24. The van der Waals surface area contributed by atoms with E-state index < -0.39 is 6.10 Å². The van der Waals surface area contributed by atoms with Gasteiger partial charge >= 0.3 is 0 Å². The molecule has 0 fully saturated rings. The van der Waals surface area contributed by atoms with Crippen LogP contribution in [0.25, 0.3) is 0 Å². The van der Waals surface area contributed by atoms with Gasteiger partial charge in [0.05, 0.1) is 24.1 Å². The van der Waals surface area contributed by atoms with Gasteiger partial charge in [-0.2, -0.15) is 4.98 Å². The molecule has 7 heteroatoms. The molecule has 1 heterocycles. The molecule has 0 aliphatic heterocycles. The number of aliphatic hydroxyl groups is 2. The lowest BCUT2D eigenvalue weighted by Crippen LogP contribution is -2.24. The van der Waals surface area contributed by atoms with Crippen molar-refractivity contribution in [2.75, 3.05) is 24.2 Å². The third-order valence-electron chi connectivity index (χ3n) is 1.82. The molecule has 1 atom stereocenters. The van der Waals surface area contributed by atoms with Crippen molar-refractivity contribution < 1.29 is 10.2 Å². The van der Waals surface area contributed by atoms with Gasteiger partial charge in [0.25, 0.3) is 0 Å². The third kappa shape index (κ3) is 3.19. The second-order valence-electron chi connectivity index (χ2n) is 3.06. The lowest BCUT2D eigenvalue weighted by atomic mass is 10.3. The molecule has 0 radical (unpaired) electrons. The minimum absolute atomic E-state index is 0.0858. The lowest BCUT2D eigenvalue weighted by molar-refractivity contribution is 0.105. The molecule has 15 heavy (non-hydrogen) atoms. The Kier molecular flexibility index (Phi) is 4.07. The first kappa shape index (κ1) is 12.0. The predicted octanol–water partition coefficient (Wildman–Crippen LogP) is -0.214. The van der Waals surface area contributed by atoms with Gasteiger partial charge in [0, 0.05) is 6.54 Å². The van der Waals surface area contributed by atoms with Crippen LogP contribution in [-0.2, 0) is 0 Å². The number of rotatable bonds is 4. The first-order valence-electron chi connectivity index (χ1n) is 4.37. The molecule has 0 aliphatic carbocycles. The number of aryl methyl sites for hydroxylation is 1. The molecule has 0 saturated carbocycles. The van der Waals surface area contributed by atoms with Crippen LogP contribution in [0.5, 0.6) is 0 Å². The van der Waals surface area contributed by atoms with E-state index in [1.165, 1.54) is 0 Å². The summed E-state index contributed by atoms with van der Waals surface area (Å²) in [5.74, 6) is 0.361. The number of hydrogen-bond donors (Lipinski definition) is 4. The third-order valence-corrected chi connectivity index (χ3v) is 1.99. The Bertz CT molecular complexity index is 348. The Morgan fingerprint density at radius 1 is 1.53 bits per heavy atom. The summed E-state index contributed by atoms with van der Waals surface area (Å²) in [7, 11) is 0. The van der Waals surface area contributed by atoms with Crippen LogP contribution in [0.3, 0.4) is 0 Å². The maximum absolute atomic E-state index is 9.12. The van der Waals surface area contributed by atoms with Crippen LogP contribution >= 0.6 is 11.6 Å². The molecule has 0 saturated heterocycles. The van der Waals surface area contributed by atoms with Crippen LogP contribution in [0, 0.1) is 6.92 Å². The van der Waals surface area contributed by atoms with E-state index >= 15 is 0 Å². The predicted molar refractivity (Wildman–Crippen MR) is 57.8 cm³/mol. The van der Waals surface area contributed by atoms with Crippen molar-refractivity contribution >= 4 is 23.1 Å². The largest absolute Gasteiger partial charge is 0.394 e. The average Bonchev–Trinajstić information content (AvgIpc) is 2.20. The summed E-state index contributed by atoms with van der Waals surface area (Å²) >= 11 is 5.64. The molecule has 1 aromatic rings. The fraction of sp³-hybridized carbons (Fsp3) is 0.500. The van der Waals surface area contributed by atoms with E-state index in [4.69, 9.17) is 27.5 Å². The van der Waals surface area contributed by atoms with E-state index in [0.29, 0.717) is 17.2 Å². The summed E-state index contributed by atoms with van der Waals surface area (Å²) in [5, 5.41) is 20.6. The van der Waals surface area contributed by atoms with Crippen molar-refractivity contribution in [2.24, 2.45) is 0 Å². The van der Waals surface area contributed by atoms with Gasteiger partial charge in [-0.25, -0.2) is 4.98 Å². The Hall–Kier alpha value is -1.11. The van der Waals surface area contributed by atoms with Crippen LogP contribution in [0.1, 0.15) is 5.69 Å². The second-order valence-corrected chi connectivity index (χ2v) is 3.40. The SMILES string of the molecule is Cc1nc(Cl)nc(NCC(O)CO)c1N. The average molecular weight is 233 g/mol. The highest BCUT2D eigenvalue weighted by molar-refractivity contribution is 6.28. The van der Waals surface area contributed by atoms with E-state index in [-0.39, 0.29) is 18.4 Å². The zero-order chi connectivity index (χ0) is 11.4. The van der Waals surface area contributed by atoms with Gasteiger partial charge in [0.2, 0.25) is 5.28 Å². The summed E-state index contributed by atoms with van der Waals surface area (Å²) in [5.41, 5.74) is 6.63. The topological polar surface area (TPSA) is 104 Å². The van der Waals surface area contributed by atoms with Crippen molar-refractivity contribution in [2.45, 2.75) is 13.0 Å². The van der Waals surface area contributed by atoms with Crippen molar-refractivity contribution in [3.63, 3.8) is 0 Å². The van der Waals surface area contributed by atoms with Crippen LogP contribution in [0.2, 0.25) is 5.28 Å². The quantitative estimate of drug-likeness (QED) is 0.536. The van der Waals surface area contributed by atoms with E-state index in [2.05, 4.69) is 15.3 Å². The summed E-state index contributed by atoms with van der Waals surface area (Å²) in [6.07, 6.45) is -0.863. The fourth-order valence-corrected chi connectivity index (χ4v) is 1.17. The number of aromatic nitrogens is 2. The van der Waals surface area contributed by atoms with Gasteiger partial charge in [0.1, 0.15) is 0 Å². The molecule has 1 rings (SSSR count). The Morgan fingerprint density at radius 2 is 2.20 bits per heavy atom. The molecule has 0 aromatic carbocycles. The van der Waals surface area contributed by atoms with E-state index in [1.807, 2.05) is 0 Å². The monoisotopic (exact) mass is 232 g/mol. The molecular formula is C8H13ClN4O2. The number of halogens is 1. The Labute approximate surface area is 92.1 Å². The van der Waals surface area contributed by atoms with E-state index in [1.54, 1.807) is 6.92 Å². The fourth-order valence-electron chi connectivity index (χ4n) is 0.961. The summed E-state index contributed by atoms with van der Waals surface area (Å²) < 4.78 is 0. The molecule has 1 unspecified atom stereocenters. The second kappa shape index (κ2) is 5.11. The van der Waals surface area contributed by atoms with Gasteiger partial charge in [-0.05, 0) is 18.5 Å².